The van der Waals surface area contributed by atoms with E-state index in [0.29, 0.717) is 28.3 Å². The molecule has 2 aromatic carbocycles. The van der Waals surface area contributed by atoms with Crippen molar-refractivity contribution in [2.45, 2.75) is 18.2 Å². The number of nitrogens with zero attached hydrogens (tertiary/aromatic N) is 2. The highest BCUT2D eigenvalue weighted by molar-refractivity contribution is 7.90. The highest BCUT2D eigenvalue weighted by Gasteiger charge is 2.24. The number of aryl methyl sites for hydroxylation is 1. The summed E-state index contributed by atoms with van der Waals surface area (Å²) >= 11 is 12.1. The topological polar surface area (TPSA) is 78.0 Å². The van der Waals surface area contributed by atoms with Crippen LogP contribution in [0.15, 0.2) is 41.3 Å². The van der Waals surface area contributed by atoms with Gasteiger partial charge in [-0.1, -0.05) is 40.9 Å². The van der Waals surface area contributed by atoms with Crippen LogP contribution < -0.4 is 5.73 Å². The van der Waals surface area contributed by atoms with E-state index < -0.39 is 10.0 Å². The number of aromatic nitrogens is 2. The minimum Gasteiger partial charge on any atom is -0.330 e. The molecule has 0 saturated carbocycles. The van der Waals surface area contributed by atoms with Crippen molar-refractivity contribution < 1.29 is 8.42 Å². The van der Waals surface area contributed by atoms with E-state index in [0.717, 1.165) is 5.56 Å². The molecular formula is C16H15Cl2N3O2S. The molecule has 8 heteroatoms. The zero-order valence-corrected chi connectivity index (χ0v) is 15.2. The van der Waals surface area contributed by atoms with Gasteiger partial charge in [0.05, 0.1) is 26.0 Å². The summed E-state index contributed by atoms with van der Waals surface area (Å²) in [5, 5.41) is 0.588. The Morgan fingerprint density at radius 3 is 2.38 bits per heavy atom. The summed E-state index contributed by atoms with van der Waals surface area (Å²) in [5.41, 5.74) is 7.43. The molecule has 3 aromatic rings. The van der Waals surface area contributed by atoms with E-state index >= 15 is 0 Å². The summed E-state index contributed by atoms with van der Waals surface area (Å²) in [6, 6.07) is 9.70. The average Bonchev–Trinajstić information content (AvgIpc) is 2.86. The van der Waals surface area contributed by atoms with Gasteiger partial charge in [-0.25, -0.2) is 17.4 Å². The van der Waals surface area contributed by atoms with Gasteiger partial charge in [-0.2, -0.15) is 0 Å². The predicted octanol–water partition coefficient (Wildman–Crippen LogP) is 3.39. The van der Waals surface area contributed by atoms with Crippen LogP contribution in [0.4, 0.5) is 0 Å². The van der Waals surface area contributed by atoms with Crippen molar-refractivity contribution in [2.75, 3.05) is 6.54 Å². The summed E-state index contributed by atoms with van der Waals surface area (Å²) in [6.45, 7) is 2.17. The average molecular weight is 384 g/mol. The zero-order chi connectivity index (χ0) is 17.5. The fourth-order valence-corrected chi connectivity index (χ4v) is 4.29. The Balaban J connectivity index is 2.32. The molecule has 126 valence electrons. The Kier molecular flexibility index (Phi) is 4.57. The highest BCUT2D eigenvalue weighted by Crippen LogP contribution is 2.30. The van der Waals surface area contributed by atoms with Crippen molar-refractivity contribution in [3.63, 3.8) is 0 Å². The maximum absolute atomic E-state index is 13.1. The monoisotopic (exact) mass is 383 g/mol. The third-order valence-corrected chi connectivity index (χ3v) is 6.13. The van der Waals surface area contributed by atoms with Gasteiger partial charge in [0.1, 0.15) is 5.82 Å². The van der Waals surface area contributed by atoms with Gasteiger partial charge in [-0.05, 0) is 37.7 Å². The maximum Gasteiger partial charge on any atom is 0.269 e. The molecule has 0 fully saturated rings. The van der Waals surface area contributed by atoms with Gasteiger partial charge in [0, 0.05) is 6.42 Å². The normalized spacial score (nSPS) is 12.0. The van der Waals surface area contributed by atoms with Gasteiger partial charge in [-0.3, -0.25) is 0 Å². The number of hydrogen-bond acceptors (Lipinski definition) is 4. The van der Waals surface area contributed by atoms with E-state index in [4.69, 9.17) is 28.9 Å². The number of halogens is 2. The molecule has 0 radical (unpaired) electrons. The first-order chi connectivity index (χ1) is 11.3. The summed E-state index contributed by atoms with van der Waals surface area (Å²) in [5.74, 6) is 0.353. The van der Waals surface area contributed by atoms with Crippen LogP contribution >= 0.6 is 23.2 Å². The van der Waals surface area contributed by atoms with Gasteiger partial charge >= 0.3 is 0 Å². The molecule has 3 rings (SSSR count). The fourth-order valence-electron chi connectivity index (χ4n) is 2.47. The smallest absolute Gasteiger partial charge is 0.269 e. The first kappa shape index (κ1) is 17.2. The van der Waals surface area contributed by atoms with Gasteiger partial charge in [0.15, 0.2) is 0 Å². The van der Waals surface area contributed by atoms with E-state index in [2.05, 4.69) is 4.98 Å². The molecule has 0 aliphatic heterocycles. The third-order valence-electron chi connectivity index (χ3n) is 3.65. The lowest BCUT2D eigenvalue weighted by Crippen LogP contribution is -2.18. The molecule has 0 spiro atoms. The molecule has 0 aliphatic carbocycles. The Bertz CT molecular complexity index is 1010. The molecular weight excluding hydrogens is 369 g/mol. The molecule has 0 saturated heterocycles. The number of benzene rings is 2. The highest BCUT2D eigenvalue weighted by atomic mass is 35.5. The standard InChI is InChI=1S/C16H15Cl2N3O2S/c1-10-2-4-11(5-3-10)24(22,23)21-15-9-13(18)12(17)8-14(15)20-16(21)6-7-19/h2-5,8-9H,6-7,19H2,1H3. The molecule has 0 aliphatic rings. The van der Waals surface area contributed by atoms with Gasteiger partial charge in [0.2, 0.25) is 0 Å². The lowest BCUT2D eigenvalue weighted by Gasteiger charge is -2.11. The lowest BCUT2D eigenvalue weighted by molar-refractivity contribution is 0.586. The Hall–Kier alpha value is -1.60. The second kappa shape index (κ2) is 6.37. The second-order valence-electron chi connectivity index (χ2n) is 5.40. The number of rotatable bonds is 4. The summed E-state index contributed by atoms with van der Waals surface area (Å²) in [4.78, 5) is 4.55. The van der Waals surface area contributed by atoms with Crippen molar-refractivity contribution >= 4 is 44.3 Å². The van der Waals surface area contributed by atoms with E-state index in [9.17, 15) is 8.42 Å². The summed E-state index contributed by atoms with van der Waals surface area (Å²) in [7, 11) is -3.82. The Morgan fingerprint density at radius 2 is 1.75 bits per heavy atom. The lowest BCUT2D eigenvalue weighted by atomic mass is 10.2. The Labute approximate surface area is 150 Å². The molecule has 5 nitrogen and oxygen atoms in total. The molecule has 1 heterocycles. The van der Waals surface area contributed by atoms with E-state index in [-0.39, 0.29) is 16.5 Å². The molecule has 0 amide bonds. The molecule has 0 unspecified atom stereocenters. The third kappa shape index (κ3) is 2.91. The van der Waals surface area contributed by atoms with Crippen molar-refractivity contribution in [1.29, 1.82) is 0 Å². The van der Waals surface area contributed by atoms with Crippen LogP contribution in [-0.4, -0.2) is 23.9 Å². The summed E-state index contributed by atoms with van der Waals surface area (Å²) < 4.78 is 27.4. The van der Waals surface area contributed by atoms with E-state index in [1.54, 1.807) is 30.3 Å². The van der Waals surface area contributed by atoms with E-state index in [1.165, 1.54) is 10.0 Å². The van der Waals surface area contributed by atoms with Gasteiger partial charge in [0.25, 0.3) is 10.0 Å². The molecule has 24 heavy (non-hydrogen) atoms. The van der Waals surface area contributed by atoms with Crippen LogP contribution in [-0.2, 0) is 16.4 Å². The maximum atomic E-state index is 13.1. The van der Waals surface area contributed by atoms with Crippen molar-refractivity contribution in [3.05, 3.63) is 57.8 Å². The van der Waals surface area contributed by atoms with Crippen molar-refractivity contribution in [3.8, 4) is 0 Å². The second-order valence-corrected chi connectivity index (χ2v) is 8.01. The largest absolute Gasteiger partial charge is 0.330 e. The van der Waals surface area contributed by atoms with E-state index in [1.807, 2.05) is 6.92 Å². The van der Waals surface area contributed by atoms with Crippen molar-refractivity contribution in [1.82, 2.24) is 8.96 Å². The SMILES string of the molecule is Cc1ccc(S(=O)(=O)n2c(CCN)nc3cc(Cl)c(Cl)cc32)cc1. The number of fused-ring (bicyclic) bond motifs is 1. The zero-order valence-electron chi connectivity index (χ0n) is 12.8. The van der Waals surface area contributed by atoms with Crippen LogP contribution in [0.2, 0.25) is 10.0 Å². The minimum atomic E-state index is -3.82. The van der Waals surface area contributed by atoms with Crippen LogP contribution in [0.25, 0.3) is 11.0 Å². The first-order valence-corrected chi connectivity index (χ1v) is 9.43. The van der Waals surface area contributed by atoms with Gasteiger partial charge < -0.3 is 5.73 Å². The predicted molar refractivity (Wildman–Crippen MR) is 96.3 cm³/mol. The summed E-state index contributed by atoms with van der Waals surface area (Å²) in [6.07, 6.45) is 0.314. The van der Waals surface area contributed by atoms with Crippen LogP contribution in [0.5, 0.6) is 0 Å². The fraction of sp³-hybridized carbons (Fsp3) is 0.188. The molecule has 2 N–H and O–H groups in total. The van der Waals surface area contributed by atoms with Crippen molar-refractivity contribution in [2.24, 2.45) is 5.73 Å². The number of hydrogen-bond donors (Lipinski definition) is 1. The molecule has 0 atom stereocenters. The minimum absolute atomic E-state index is 0.178. The quantitative estimate of drug-likeness (QED) is 0.748. The first-order valence-electron chi connectivity index (χ1n) is 7.23. The van der Waals surface area contributed by atoms with Crippen LogP contribution in [0.1, 0.15) is 11.4 Å². The van der Waals surface area contributed by atoms with Crippen LogP contribution in [0.3, 0.4) is 0 Å². The number of imidazole rings is 1. The number of nitrogens with two attached hydrogens (primary N) is 1. The molecule has 0 bridgehead atoms. The molecule has 1 aromatic heterocycles. The van der Waals surface area contributed by atoms with Gasteiger partial charge in [-0.15, -0.1) is 0 Å². The van der Waals surface area contributed by atoms with Crippen LogP contribution in [0, 0.1) is 6.92 Å². The Morgan fingerprint density at radius 1 is 1.12 bits per heavy atom.